The third kappa shape index (κ3) is 7.91. The van der Waals surface area contributed by atoms with Gasteiger partial charge in [0.15, 0.2) is 0 Å². The Morgan fingerprint density at radius 2 is 1.81 bits per heavy atom. The lowest BCUT2D eigenvalue weighted by molar-refractivity contribution is -0.126. The smallest absolute Gasteiger partial charge is 0.337 e. The van der Waals surface area contributed by atoms with Gasteiger partial charge in [0.2, 0.25) is 11.8 Å². The van der Waals surface area contributed by atoms with Crippen LogP contribution in [0.1, 0.15) is 26.0 Å². The highest BCUT2D eigenvalue weighted by atomic mass is 35.5. The summed E-state index contributed by atoms with van der Waals surface area (Å²) in [6.45, 7) is 3.50. The fourth-order valence-electron chi connectivity index (χ4n) is 2.85. The Morgan fingerprint density at radius 1 is 1.10 bits per heavy atom. The minimum Gasteiger partial charge on any atom is -0.343 e. The molecule has 31 heavy (non-hydrogen) atoms. The number of halogens is 2. The standard InChI is InChI=1S/C20H24Cl2N3O5P/c1-12(2)9-18(31(28,29)30)20(27)25-17(11-13-5-3-4-8-23-13)19(26)24-14-6-7-15(21)16(22)10-14/h3-8,10,12,17-18H,9,11H2,1-2H3,(H,24,26)(H,25,27)(H2,28,29,30)/t17-,18-/m0/s1. The summed E-state index contributed by atoms with van der Waals surface area (Å²) >= 11 is 11.9. The summed E-state index contributed by atoms with van der Waals surface area (Å²) in [6, 6.07) is 8.51. The number of carbonyl (C=O) groups is 2. The van der Waals surface area contributed by atoms with Crippen LogP contribution in [0.4, 0.5) is 5.69 Å². The summed E-state index contributed by atoms with van der Waals surface area (Å²) in [5.74, 6) is -1.62. The van der Waals surface area contributed by atoms with E-state index >= 15 is 0 Å². The van der Waals surface area contributed by atoms with Gasteiger partial charge in [-0.25, -0.2) is 0 Å². The molecule has 0 aliphatic heterocycles. The number of hydrogen-bond acceptors (Lipinski definition) is 4. The van der Waals surface area contributed by atoms with Crippen molar-refractivity contribution in [3.63, 3.8) is 0 Å². The first-order valence-electron chi connectivity index (χ1n) is 9.48. The lowest BCUT2D eigenvalue weighted by Gasteiger charge is -2.24. The molecule has 0 spiro atoms. The summed E-state index contributed by atoms with van der Waals surface area (Å²) in [5.41, 5.74) is -0.682. The molecule has 2 aromatic rings. The van der Waals surface area contributed by atoms with Crippen LogP contribution >= 0.6 is 30.8 Å². The molecule has 0 aliphatic carbocycles. The number of nitrogens with one attached hydrogen (secondary N) is 2. The van der Waals surface area contributed by atoms with E-state index in [0.29, 0.717) is 16.4 Å². The van der Waals surface area contributed by atoms with Crippen LogP contribution in [0.25, 0.3) is 0 Å². The van der Waals surface area contributed by atoms with Gasteiger partial charge in [-0.05, 0) is 42.7 Å². The van der Waals surface area contributed by atoms with E-state index in [1.807, 2.05) is 0 Å². The molecule has 0 fully saturated rings. The summed E-state index contributed by atoms with van der Waals surface area (Å²) in [6.07, 6.45) is 1.54. The first kappa shape index (κ1) is 25.3. The number of nitrogens with zero attached hydrogens (tertiary/aromatic N) is 1. The maximum atomic E-state index is 12.9. The van der Waals surface area contributed by atoms with E-state index in [0.717, 1.165) is 0 Å². The molecule has 0 unspecified atom stereocenters. The molecular weight excluding hydrogens is 464 g/mol. The van der Waals surface area contributed by atoms with Crippen molar-refractivity contribution < 1.29 is 23.9 Å². The SMILES string of the molecule is CC(C)C[C@@H](C(=O)N[C@@H](Cc1ccccn1)C(=O)Nc1ccc(Cl)c(Cl)c1)P(=O)(O)O. The number of anilines is 1. The van der Waals surface area contributed by atoms with Crippen molar-refractivity contribution in [3.8, 4) is 0 Å². The van der Waals surface area contributed by atoms with Gasteiger partial charge in [0.05, 0.1) is 10.0 Å². The minimum atomic E-state index is -4.72. The zero-order chi connectivity index (χ0) is 23.2. The predicted molar refractivity (Wildman–Crippen MR) is 120 cm³/mol. The van der Waals surface area contributed by atoms with E-state index in [1.165, 1.54) is 12.1 Å². The molecular formula is C20H24Cl2N3O5P. The van der Waals surface area contributed by atoms with Crippen molar-refractivity contribution in [1.29, 1.82) is 0 Å². The van der Waals surface area contributed by atoms with Gasteiger partial charge in [-0.3, -0.25) is 19.1 Å². The Balaban J connectivity index is 2.26. The van der Waals surface area contributed by atoms with E-state index < -0.39 is 31.1 Å². The van der Waals surface area contributed by atoms with Gasteiger partial charge in [-0.1, -0.05) is 43.1 Å². The quantitative estimate of drug-likeness (QED) is 0.399. The summed E-state index contributed by atoms with van der Waals surface area (Å²) in [5, 5.41) is 5.67. The van der Waals surface area contributed by atoms with Gasteiger partial charge in [-0.2, -0.15) is 0 Å². The summed E-state index contributed by atoms with van der Waals surface area (Å²) in [7, 11) is -4.72. The molecule has 1 heterocycles. The zero-order valence-electron chi connectivity index (χ0n) is 17.0. The fraction of sp³-hybridized carbons (Fsp3) is 0.350. The average molecular weight is 488 g/mol. The summed E-state index contributed by atoms with van der Waals surface area (Å²) < 4.78 is 11.9. The highest BCUT2D eigenvalue weighted by molar-refractivity contribution is 7.53. The molecule has 0 radical (unpaired) electrons. The molecule has 2 amide bonds. The molecule has 0 bridgehead atoms. The predicted octanol–water partition coefficient (Wildman–Crippen LogP) is 3.65. The molecule has 11 heteroatoms. The molecule has 1 aromatic heterocycles. The molecule has 2 atom stereocenters. The van der Waals surface area contributed by atoms with Gasteiger partial charge < -0.3 is 20.4 Å². The normalized spacial score (nSPS) is 13.5. The molecule has 4 N–H and O–H groups in total. The molecule has 8 nitrogen and oxygen atoms in total. The van der Waals surface area contributed by atoms with E-state index in [9.17, 15) is 23.9 Å². The topological polar surface area (TPSA) is 129 Å². The molecule has 168 valence electrons. The van der Waals surface area contributed by atoms with Crippen molar-refractivity contribution in [2.75, 3.05) is 5.32 Å². The fourth-order valence-corrected chi connectivity index (χ4v) is 4.23. The van der Waals surface area contributed by atoms with E-state index in [1.54, 1.807) is 44.3 Å². The third-order valence-electron chi connectivity index (χ3n) is 4.36. The third-order valence-corrected chi connectivity index (χ3v) is 6.36. The van der Waals surface area contributed by atoms with Crippen molar-refractivity contribution in [1.82, 2.24) is 10.3 Å². The van der Waals surface area contributed by atoms with Gasteiger partial charge in [0, 0.05) is 24.0 Å². The monoisotopic (exact) mass is 487 g/mol. The van der Waals surface area contributed by atoms with Crippen LogP contribution in [0.2, 0.25) is 10.0 Å². The number of hydrogen-bond donors (Lipinski definition) is 4. The van der Waals surface area contributed by atoms with Gasteiger partial charge in [0.1, 0.15) is 11.7 Å². The van der Waals surface area contributed by atoms with E-state index in [-0.39, 0.29) is 23.8 Å². The first-order valence-corrected chi connectivity index (χ1v) is 11.9. The number of aromatic nitrogens is 1. The molecule has 2 rings (SSSR count). The Morgan fingerprint density at radius 3 is 2.35 bits per heavy atom. The van der Waals surface area contributed by atoms with Gasteiger partial charge >= 0.3 is 7.60 Å². The second-order valence-corrected chi connectivity index (χ2v) is 10.1. The van der Waals surface area contributed by atoms with Crippen LogP contribution in [0.15, 0.2) is 42.6 Å². The second-order valence-electron chi connectivity index (χ2n) is 7.44. The maximum Gasteiger partial charge on any atom is 0.337 e. The highest BCUT2D eigenvalue weighted by Gasteiger charge is 2.38. The summed E-state index contributed by atoms with van der Waals surface area (Å²) in [4.78, 5) is 49.1. The van der Waals surface area contributed by atoms with Crippen LogP contribution in [0.5, 0.6) is 0 Å². The lowest BCUT2D eigenvalue weighted by Crippen LogP contribution is -2.49. The lowest BCUT2D eigenvalue weighted by atomic mass is 10.1. The number of rotatable bonds is 9. The van der Waals surface area contributed by atoms with Crippen LogP contribution in [0.3, 0.4) is 0 Å². The van der Waals surface area contributed by atoms with Crippen LogP contribution in [-0.2, 0) is 20.6 Å². The number of amides is 2. The van der Waals surface area contributed by atoms with Crippen LogP contribution < -0.4 is 10.6 Å². The van der Waals surface area contributed by atoms with Crippen LogP contribution in [0, 0.1) is 5.92 Å². The minimum absolute atomic E-state index is 0.0231. The van der Waals surface area contributed by atoms with E-state index in [4.69, 9.17) is 23.2 Å². The van der Waals surface area contributed by atoms with Crippen molar-refractivity contribution in [2.45, 2.75) is 38.4 Å². The molecule has 0 saturated carbocycles. The Labute approximate surface area is 190 Å². The van der Waals surface area contributed by atoms with Gasteiger partial charge in [-0.15, -0.1) is 0 Å². The van der Waals surface area contributed by atoms with Crippen LogP contribution in [-0.4, -0.2) is 38.3 Å². The van der Waals surface area contributed by atoms with E-state index in [2.05, 4.69) is 15.6 Å². The average Bonchev–Trinajstić information content (AvgIpc) is 2.68. The largest absolute Gasteiger partial charge is 0.343 e. The number of benzene rings is 1. The number of pyridine rings is 1. The van der Waals surface area contributed by atoms with Crippen molar-refractivity contribution >= 4 is 48.3 Å². The molecule has 0 aliphatic rings. The Hall–Kier alpha value is -1.96. The zero-order valence-corrected chi connectivity index (χ0v) is 19.4. The van der Waals surface area contributed by atoms with Gasteiger partial charge in [0.25, 0.3) is 0 Å². The highest BCUT2D eigenvalue weighted by Crippen LogP contribution is 2.44. The maximum absolute atomic E-state index is 12.9. The van der Waals surface area contributed by atoms with Crippen molar-refractivity contribution in [3.05, 3.63) is 58.3 Å². The first-order chi connectivity index (χ1) is 14.5. The van der Waals surface area contributed by atoms with Crippen molar-refractivity contribution in [2.24, 2.45) is 5.92 Å². The molecule has 1 aromatic carbocycles. The number of carbonyl (C=O) groups excluding carboxylic acids is 2. The second kappa shape index (κ2) is 11.1. The Bertz CT molecular complexity index is 969. The molecule has 0 saturated heterocycles. The Kier molecular flexibility index (Phi) is 9.03.